The van der Waals surface area contributed by atoms with Crippen molar-refractivity contribution in [2.45, 2.75) is 11.7 Å². The summed E-state index contributed by atoms with van der Waals surface area (Å²) in [6.45, 7) is 4.29. The van der Waals surface area contributed by atoms with E-state index in [0.29, 0.717) is 33.9 Å². The second-order valence-corrected chi connectivity index (χ2v) is 8.38. The zero-order valence-electron chi connectivity index (χ0n) is 16.7. The average molecular weight is 470 g/mol. The summed E-state index contributed by atoms with van der Waals surface area (Å²) in [6, 6.07) is 13.2. The van der Waals surface area contributed by atoms with Gasteiger partial charge in [-0.1, -0.05) is 48.2 Å². The molecule has 0 aliphatic heterocycles. The Morgan fingerprint density at radius 1 is 1.12 bits per heavy atom. The van der Waals surface area contributed by atoms with Gasteiger partial charge in [0.1, 0.15) is 0 Å². The van der Waals surface area contributed by atoms with Crippen LogP contribution in [0.2, 0.25) is 0 Å². The lowest BCUT2D eigenvalue weighted by molar-refractivity contribution is -0.113. The van der Waals surface area contributed by atoms with Gasteiger partial charge in [-0.3, -0.25) is 9.36 Å². The van der Waals surface area contributed by atoms with Gasteiger partial charge in [0.2, 0.25) is 5.91 Å². The summed E-state index contributed by atoms with van der Waals surface area (Å²) in [5, 5.41) is 13.8. The van der Waals surface area contributed by atoms with Crippen molar-refractivity contribution in [2.75, 3.05) is 11.1 Å². The zero-order chi connectivity index (χ0) is 22.5. The highest BCUT2D eigenvalue weighted by molar-refractivity contribution is 7.99. The quantitative estimate of drug-likeness (QED) is 0.281. The van der Waals surface area contributed by atoms with Crippen LogP contribution in [0.25, 0.3) is 22.6 Å². The number of carbonyl (C=O) groups is 1. The third kappa shape index (κ3) is 4.92. The highest BCUT2D eigenvalue weighted by atomic mass is 32.2. The van der Waals surface area contributed by atoms with E-state index in [1.54, 1.807) is 11.5 Å². The Morgan fingerprint density at radius 3 is 2.69 bits per heavy atom. The molecular weight excluding hydrogens is 452 g/mol. The molecule has 4 aromatic rings. The number of rotatable bonds is 8. The highest BCUT2D eigenvalue weighted by Crippen LogP contribution is 2.27. The summed E-state index contributed by atoms with van der Waals surface area (Å²) in [5.74, 6) is -1.34. The van der Waals surface area contributed by atoms with Crippen LogP contribution in [-0.4, -0.2) is 31.4 Å². The van der Waals surface area contributed by atoms with Crippen LogP contribution in [0, 0.1) is 11.6 Å². The van der Waals surface area contributed by atoms with Crippen molar-refractivity contribution in [3.05, 3.63) is 78.2 Å². The number of carbonyl (C=O) groups excluding carboxylic acids is 1. The van der Waals surface area contributed by atoms with Gasteiger partial charge in [0.15, 0.2) is 27.7 Å². The maximum atomic E-state index is 13.4. The molecule has 0 aliphatic rings. The third-order valence-corrected chi connectivity index (χ3v) is 6.08. The van der Waals surface area contributed by atoms with Crippen molar-refractivity contribution < 1.29 is 13.6 Å². The number of allylic oxidation sites excluding steroid dienone is 1. The van der Waals surface area contributed by atoms with Crippen LogP contribution in [-0.2, 0) is 11.3 Å². The van der Waals surface area contributed by atoms with Gasteiger partial charge in [0.05, 0.1) is 11.4 Å². The number of anilines is 1. The molecule has 4 rings (SSSR count). The van der Waals surface area contributed by atoms with Gasteiger partial charge in [-0.05, 0) is 18.2 Å². The number of aromatic nitrogens is 4. The molecule has 6 nitrogen and oxygen atoms in total. The minimum Gasteiger partial charge on any atom is -0.301 e. The van der Waals surface area contributed by atoms with E-state index >= 15 is 0 Å². The molecule has 0 aliphatic carbocycles. The van der Waals surface area contributed by atoms with Crippen molar-refractivity contribution in [1.82, 2.24) is 19.7 Å². The lowest BCUT2D eigenvalue weighted by Crippen LogP contribution is -2.14. The van der Waals surface area contributed by atoms with Crippen molar-refractivity contribution in [2.24, 2.45) is 0 Å². The van der Waals surface area contributed by atoms with E-state index in [0.717, 1.165) is 17.7 Å². The van der Waals surface area contributed by atoms with Crippen molar-refractivity contribution in [1.29, 1.82) is 0 Å². The summed E-state index contributed by atoms with van der Waals surface area (Å²) in [6.07, 6.45) is 1.75. The van der Waals surface area contributed by atoms with Gasteiger partial charge in [-0.25, -0.2) is 13.8 Å². The van der Waals surface area contributed by atoms with Crippen LogP contribution >= 0.6 is 23.1 Å². The summed E-state index contributed by atoms with van der Waals surface area (Å²) >= 11 is 2.45. The molecule has 2 aromatic carbocycles. The minimum absolute atomic E-state index is 0.101. The molecule has 1 N–H and O–H groups in total. The topological polar surface area (TPSA) is 72.7 Å². The zero-order valence-corrected chi connectivity index (χ0v) is 18.3. The predicted octanol–water partition coefficient (Wildman–Crippen LogP) is 5.26. The van der Waals surface area contributed by atoms with Crippen LogP contribution in [0.15, 0.2) is 71.7 Å². The Hall–Kier alpha value is -3.37. The maximum Gasteiger partial charge on any atom is 0.236 e. The molecule has 0 spiro atoms. The van der Waals surface area contributed by atoms with Crippen molar-refractivity contribution >= 4 is 34.1 Å². The van der Waals surface area contributed by atoms with Crippen LogP contribution in [0.4, 0.5) is 13.9 Å². The lowest BCUT2D eigenvalue weighted by atomic mass is 10.2. The summed E-state index contributed by atoms with van der Waals surface area (Å²) in [4.78, 5) is 16.7. The van der Waals surface area contributed by atoms with Gasteiger partial charge in [-0.2, -0.15) is 0 Å². The standard InChI is InChI=1S/C22H17F2N5OS2/c1-2-10-29-20(14-6-4-3-5-7-14)27-28-22(29)32-13-19(30)26-21-25-18(12-31-21)15-8-9-16(23)17(24)11-15/h2-9,11-12H,1,10,13H2,(H,25,26,30). The first-order valence-electron chi connectivity index (χ1n) is 9.48. The average Bonchev–Trinajstić information content (AvgIpc) is 3.42. The number of nitrogens with one attached hydrogen (secondary N) is 1. The first-order valence-corrected chi connectivity index (χ1v) is 11.3. The second kappa shape index (κ2) is 9.84. The van der Waals surface area contributed by atoms with E-state index in [-0.39, 0.29) is 11.7 Å². The van der Waals surface area contributed by atoms with E-state index in [2.05, 4.69) is 27.1 Å². The Bertz CT molecular complexity index is 1260. The number of thiazole rings is 1. The molecule has 2 aromatic heterocycles. The number of halogens is 2. The van der Waals surface area contributed by atoms with Gasteiger partial charge in [-0.15, -0.1) is 28.1 Å². The fraction of sp³-hybridized carbons (Fsp3) is 0.0909. The number of hydrogen-bond acceptors (Lipinski definition) is 6. The fourth-order valence-corrected chi connectivity index (χ4v) is 4.38. The van der Waals surface area contributed by atoms with E-state index in [1.807, 2.05) is 34.9 Å². The van der Waals surface area contributed by atoms with Gasteiger partial charge < -0.3 is 5.32 Å². The Labute approximate surface area is 191 Å². The summed E-state index contributed by atoms with van der Waals surface area (Å²) < 4.78 is 28.5. The smallest absolute Gasteiger partial charge is 0.236 e. The minimum atomic E-state index is -0.948. The van der Waals surface area contributed by atoms with Crippen molar-refractivity contribution in [3.8, 4) is 22.6 Å². The lowest BCUT2D eigenvalue weighted by Gasteiger charge is -2.07. The first-order chi connectivity index (χ1) is 15.5. The molecule has 0 radical (unpaired) electrons. The number of thioether (sulfide) groups is 1. The van der Waals surface area contributed by atoms with E-state index in [4.69, 9.17) is 0 Å². The van der Waals surface area contributed by atoms with Crippen LogP contribution in [0.1, 0.15) is 0 Å². The molecule has 0 fully saturated rings. The largest absolute Gasteiger partial charge is 0.301 e. The van der Waals surface area contributed by atoms with E-state index in [1.165, 1.54) is 29.2 Å². The molecule has 162 valence electrons. The fourth-order valence-electron chi connectivity index (χ4n) is 2.89. The predicted molar refractivity (Wildman–Crippen MR) is 122 cm³/mol. The van der Waals surface area contributed by atoms with Crippen LogP contribution < -0.4 is 5.32 Å². The maximum absolute atomic E-state index is 13.4. The van der Waals surface area contributed by atoms with Gasteiger partial charge >= 0.3 is 0 Å². The molecular formula is C22H17F2N5OS2. The Kier molecular flexibility index (Phi) is 6.72. The SMILES string of the molecule is C=CCn1c(SCC(=O)Nc2nc(-c3ccc(F)c(F)c3)cs2)nnc1-c1ccccc1. The van der Waals surface area contributed by atoms with Crippen LogP contribution in [0.5, 0.6) is 0 Å². The molecule has 2 heterocycles. The molecule has 0 saturated carbocycles. The molecule has 0 bridgehead atoms. The summed E-state index contributed by atoms with van der Waals surface area (Å²) in [5.41, 5.74) is 1.81. The van der Waals surface area contributed by atoms with E-state index in [9.17, 15) is 13.6 Å². The van der Waals surface area contributed by atoms with Crippen molar-refractivity contribution in [3.63, 3.8) is 0 Å². The van der Waals surface area contributed by atoms with Gasteiger partial charge in [0, 0.05) is 23.1 Å². The molecule has 10 heteroatoms. The highest BCUT2D eigenvalue weighted by Gasteiger charge is 2.16. The Balaban J connectivity index is 1.41. The molecule has 0 unspecified atom stereocenters. The van der Waals surface area contributed by atoms with E-state index < -0.39 is 11.6 Å². The second-order valence-electron chi connectivity index (χ2n) is 6.58. The van der Waals surface area contributed by atoms with Crippen LogP contribution in [0.3, 0.4) is 0 Å². The number of nitrogens with zero attached hydrogens (tertiary/aromatic N) is 4. The summed E-state index contributed by atoms with van der Waals surface area (Å²) in [7, 11) is 0. The Morgan fingerprint density at radius 2 is 1.94 bits per heavy atom. The molecule has 0 saturated heterocycles. The number of amides is 1. The molecule has 32 heavy (non-hydrogen) atoms. The molecule has 1 amide bonds. The normalized spacial score (nSPS) is 10.8. The monoisotopic (exact) mass is 469 g/mol. The number of hydrogen-bond donors (Lipinski definition) is 1. The third-order valence-electron chi connectivity index (χ3n) is 4.36. The first kappa shape index (κ1) is 21.8. The number of benzene rings is 2. The van der Waals surface area contributed by atoms with Gasteiger partial charge in [0.25, 0.3) is 0 Å². The molecule has 0 atom stereocenters.